The molecule has 0 spiro atoms. The second-order valence-electron chi connectivity index (χ2n) is 4.68. The molecule has 1 unspecified atom stereocenters. The van der Waals surface area contributed by atoms with Gasteiger partial charge in [0.1, 0.15) is 5.52 Å². The summed E-state index contributed by atoms with van der Waals surface area (Å²) < 4.78 is 2.09. The van der Waals surface area contributed by atoms with Gasteiger partial charge in [-0.1, -0.05) is 13.8 Å². The number of fused-ring (bicyclic) bond motifs is 1. The van der Waals surface area contributed by atoms with Gasteiger partial charge in [-0.3, -0.25) is 4.98 Å². The Labute approximate surface area is 95.5 Å². The number of aromatic nitrogens is 3. The highest BCUT2D eigenvalue weighted by Crippen LogP contribution is 2.25. The Morgan fingerprint density at radius 2 is 2.12 bits per heavy atom. The van der Waals surface area contributed by atoms with Crippen LogP contribution < -0.4 is 5.73 Å². The van der Waals surface area contributed by atoms with Crippen LogP contribution in [0, 0.1) is 5.92 Å². The maximum atomic E-state index is 5.95. The Balaban J connectivity index is 2.46. The molecular weight excluding hydrogens is 200 g/mol. The molecule has 16 heavy (non-hydrogen) atoms. The number of rotatable bonds is 3. The predicted octanol–water partition coefficient (Wildman–Crippen LogP) is 2.62. The van der Waals surface area contributed by atoms with Crippen LogP contribution in [0.1, 0.15) is 33.2 Å². The third-order valence-corrected chi connectivity index (χ3v) is 2.77. The van der Waals surface area contributed by atoms with Gasteiger partial charge in [-0.25, -0.2) is 4.98 Å². The first-order valence-electron chi connectivity index (χ1n) is 5.67. The van der Waals surface area contributed by atoms with E-state index in [1.165, 1.54) is 0 Å². The number of nitrogens with zero attached hydrogens (tertiary/aromatic N) is 3. The standard InChI is InChI=1S/C12H18N4/c1-8(2)6-9(3)16-11-4-5-14-7-10(11)15-12(16)13/h4-5,7-9H,6H2,1-3H3,(H2,13,15). The summed E-state index contributed by atoms with van der Waals surface area (Å²) in [5.41, 5.74) is 7.90. The molecule has 0 amide bonds. The van der Waals surface area contributed by atoms with Crippen molar-refractivity contribution in [3.05, 3.63) is 18.5 Å². The zero-order chi connectivity index (χ0) is 11.7. The Bertz CT molecular complexity index is 487. The smallest absolute Gasteiger partial charge is 0.201 e. The Morgan fingerprint density at radius 3 is 2.81 bits per heavy atom. The van der Waals surface area contributed by atoms with E-state index < -0.39 is 0 Å². The molecule has 2 rings (SSSR count). The van der Waals surface area contributed by atoms with E-state index in [0.29, 0.717) is 17.9 Å². The summed E-state index contributed by atoms with van der Waals surface area (Å²) in [6.45, 7) is 6.61. The first-order valence-corrected chi connectivity index (χ1v) is 5.67. The lowest BCUT2D eigenvalue weighted by molar-refractivity contribution is 0.439. The van der Waals surface area contributed by atoms with Crippen LogP contribution in [-0.4, -0.2) is 14.5 Å². The fourth-order valence-corrected chi connectivity index (χ4v) is 2.22. The van der Waals surface area contributed by atoms with Crippen LogP contribution >= 0.6 is 0 Å². The molecule has 1 atom stereocenters. The third kappa shape index (κ3) is 1.87. The van der Waals surface area contributed by atoms with Crippen molar-refractivity contribution in [1.82, 2.24) is 14.5 Å². The van der Waals surface area contributed by atoms with Crippen molar-refractivity contribution in [2.24, 2.45) is 5.92 Å². The van der Waals surface area contributed by atoms with Crippen LogP contribution in [0.2, 0.25) is 0 Å². The zero-order valence-electron chi connectivity index (χ0n) is 10.0. The molecule has 0 bridgehead atoms. The topological polar surface area (TPSA) is 56.7 Å². The lowest BCUT2D eigenvalue weighted by atomic mass is 10.1. The molecule has 0 aliphatic carbocycles. The van der Waals surface area contributed by atoms with E-state index in [-0.39, 0.29) is 0 Å². The highest BCUT2D eigenvalue weighted by Gasteiger charge is 2.14. The largest absolute Gasteiger partial charge is 0.369 e. The van der Waals surface area contributed by atoms with Crippen LogP contribution in [0.4, 0.5) is 5.95 Å². The molecule has 4 nitrogen and oxygen atoms in total. The van der Waals surface area contributed by atoms with Gasteiger partial charge in [0.25, 0.3) is 0 Å². The van der Waals surface area contributed by atoms with Gasteiger partial charge in [-0.05, 0) is 25.3 Å². The summed E-state index contributed by atoms with van der Waals surface area (Å²) in [6, 6.07) is 2.34. The van der Waals surface area contributed by atoms with Gasteiger partial charge in [0, 0.05) is 12.2 Å². The predicted molar refractivity (Wildman–Crippen MR) is 66.1 cm³/mol. The molecule has 0 aliphatic heterocycles. The van der Waals surface area contributed by atoms with Crippen LogP contribution in [0.15, 0.2) is 18.5 Å². The van der Waals surface area contributed by atoms with Crippen LogP contribution in [0.5, 0.6) is 0 Å². The van der Waals surface area contributed by atoms with E-state index in [1.54, 1.807) is 12.4 Å². The minimum atomic E-state index is 0.368. The second kappa shape index (κ2) is 4.12. The van der Waals surface area contributed by atoms with Crippen molar-refractivity contribution < 1.29 is 0 Å². The summed E-state index contributed by atoms with van der Waals surface area (Å²) in [7, 11) is 0. The fraction of sp³-hybridized carbons (Fsp3) is 0.500. The molecule has 0 radical (unpaired) electrons. The second-order valence-corrected chi connectivity index (χ2v) is 4.68. The van der Waals surface area contributed by atoms with E-state index in [0.717, 1.165) is 17.5 Å². The van der Waals surface area contributed by atoms with Crippen LogP contribution in [0.25, 0.3) is 11.0 Å². The number of nitrogens with two attached hydrogens (primary N) is 1. The van der Waals surface area contributed by atoms with Gasteiger partial charge in [-0.2, -0.15) is 0 Å². The van der Waals surface area contributed by atoms with Gasteiger partial charge in [0.05, 0.1) is 11.7 Å². The van der Waals surface area contributed by atoms with E-state index in [2.05, 4.69) is 35.3 Å². The van der Waals surface area contributed by atoms with Crippen molar-refractivity contribution in [1.29, 1.82) is 0 Å². The quantitative estimate of drug-likeness (QED) is 0.861. The lowest BCUT2D eigenvalue weighted by Gasteiger charge is -2.17. The number of hydrogen-bond acceptors (Lipinski definition) is 3. The van der Waals surface area contributed by atoms with Crippen molar-refractivity contribution in [3.8, 4) is 0 Å². The lowest BCUT2D eigenvalue weighted by Crippen LogP contribution is -2.11. The van der Waals surface area contributed by atoms with Crippen molar-refractivity contribution in [3.63, 3.8) is 0 Å². The first kappa shape index (κ1) is 10.9. The summed E-state index contributed by atoms with van der Waals surface area (Å²) in [4.78, 5) is 8.38. The van der Waals surface area contributed by atoms with Gasteiger partial charge < -0.3 is 10.3 Å². The number of imidazole rings is 1. The van der Waals surface area contributed by atoms with Gasteiger partial charge >= 0.3 is 0 Å². The molecule has 2 N–H and O–H groups in total. The van der Waals surface area contributed by atoms with Crippen LogP contribution in [-0.2, 0) is 0 Å². The highest BCUT2D eigenvalue weighted by atomic mass is 15.2. The normalized spacial score (nSPS) is 13.5. The molecule has 0 saturated heterocycles. The molecule has 2 aromatic rings. The summed E-state index contributed by atoms with van der Waals surface area (Å²) in [6.07, 6.45) is 4.63. The highest BCUT2D eigenvalue weighted by molar-refractivity contribution is 5.77. The molecule has 86 valence electrons. The van der Waals surface area contributed by atoms with E-state index in [9.17, 15) is 0 Å². The van der Waals surface area contributed by atoms with E-state index in [1.807, 2.05) is 6.07 Å². The van der Waals surface area contributed by atoms with Crippen molar-refractivity contribution in [2.45, 2.75) is 33.2 Å². The van der Waals surface area contributed by atoms with E-state index >= 15 is 0 Å². The summed E-state index contributed by atoms with van der Waals surface area (Å²) in [5.74, 6) is 1.23. The maximum Gasteiger partial charge on any atom is 0.201 e. The minimum absolute atomic E-state index is 0.368. The van der Waals surface area contributed by atoms with Crippen molar-refractivity contribution in [2.75, 3.05) is 5.73 Å². The molecule has 0 aliphatic rings. The number of pyridine rings is 1. The third-order valence-electron chi connectivity index (χ3n) is 2.77. The Morgan fingerprint density at radius 1 is 1.38 bits per heavy atom. The minimum Gasteiger partial charge on any atom is -0.369 e. The average molecular weight is 218 g/mol. The molecule has 0 fully saturated rings. The number of anilines is 1. The zero-order valence-corrected chi connectivity index (χ0v) is 10.0. The molecule has 4 heteroatoms. The monoisotopic (exact) mass is 218 g/mol. The molecule has 2 aromatic heterocycles. The first-order chi connectivity index (χ1) is 7.59. The Hall–Kier alpha value is -1.58. The fourth-order valence-electron chi connectivity index (χ4n) is 2.22. The molecule has 2 heterocycles. The van der Waals surface area contributed by atoms with Gasteiger partial charge in [0.2, 0.25) is 5.95 Å². The summed E-state index contributed by atoms with van der Waals surface area (Å²) in [5, 5.41) is 0. The summed E-state index contributed by atoms with van der Waals surface area (Å²) >= 11 is 0. The Kier molecular flexibility index (Phi) is 2.81. The average Bonchev–Trinajstić information content (AvgIpc) is 2.52. The number of hydrogen-bond donors (Lipinski definition) is 1. The number of nitrogen functional groups attached to an aromatic ring is 1. The van der Waals surface area contributed by atoms with Gasteiger partial charge in [0.15, 0.2) is 0 Å². The SMILES string of the molecule is CC(C)CC(C)n1c(N)nc2cnccc21. The van der Waals surface area contributed by atoms with E-state index in [4.69, 9.17) is 5.73 Å². The molecule has 0 aromatic carbocycles. The van der Waals surface area contributed by atoms with Crippen LogP contribution in [0.3, 0.4) is 0 Å². The molecule has 0 saturated carbocycles. The maximum absolute atomic E-state index is 5.95. The van der Waals surface area contributed by atoms with Gasteiger partial charge in [-0.15, -0.1) is 0 Å². The molecular formula is C12H18N4. The van der Waals surface area contributed by atoms with Crippen molar-refractivity contribution >= 4 is 17.0 Å².